The number of anilines is 1. The van der Waals surface area contributed by atoms with Gasteiger partial charge in [-0.1, -0.05) is 36.0 Å². The molecule has 0 aliphatic carbocycles. The summed E-state index contributed by atoms with van der Waals surface area (Å²) in [6.07, 6.45) is 1.49. The fourth-order valence-corrected chi connectivity index (χ4v) is 3.31. The monoisotopic (exact) mass is 413 g/mol. The van der Waals surface area contributed by atoms with Crippen molar-refractivity contribution < 1.29 is 28.6 Å². The van der Waals surface area contributed by atoms with E-state index in [2.05, 4.69) is 9.73 Å². The molecule has 0 fully saturated rings. The summed E-state index contributed by atoms with van der Waals surface area (Å²) in [5.74, 6) is -2.77. The van der Waals surface area contributed by atoms with Gasteiger partial charge in [0.15, 0.2) is 5.17 Å². The van der Waals surface area contributed by atoms with Crippen LogP contribution in [0.15, 0.2) is 59.2 Å². The summed E-state index contributed by atoms with van der Waals surface area (Å²) in [4.78, 5) is 40.8. The van der Waals surface area contributed by atoms with E-state index < -0.39 is 23.7 Å². The summed E-state index contributed by atoms with van der Waals surface area (Å²) in [7, 11) is 1.25. The van der Waals surface area contributed by atoms with Crippen LogP contribution in [-0.2, 0) is 14.3 Å². The van der Waals surface area contributed by atoms with Crippen LogP contribution in [-0.4, -0.2) is 35.9 Å². The standard InChI is InChI=1S/C20H15FN2O5S/c1-28-17(24)11-29-20-22-16(10-12-2-4-13(5-3-12)19(26)27)18(25)23(20)15-8-6-14(21)7-9-15/h2-10H,11H2,1H3,(H,26,27)/p-1/b16-10-. The zero-order valence-electron chi connectivity index (χ0n) is 15.1. The van der Waals surface area contributed by atoms with Gasteiger partial charge in [0.05, 0.1) is 24.5 Å². The summed E-state index contributed by atoms with van der Waals surface area (Å²) >= 11 is 1.01. The van der Waals surface area contributed by atoms with Crippen molar-refractivity contribution in [2.45, 2.75) is 0 Å². The summed E-state index contributed by atoms with van der Waals surface area (Å²) in [5, 5.41) is 11.1. The maximum absolute atomic E-state index is 13.3. The summed E-state index contributed by atoms with van der Waals surface area (Å²) in [5.41, 5.74) is 1.04. The average molecular weight is 413 g/mol. The zero-order valence-corrected chi connectivity index (χ0v) is 15.9. The number of carboxylic acids is 1. The predicted molar refractivity (Wildman–Crippen MR) is 105 cm³/mol. The molecule has 0 atom stereocenters. The zero-order chi connectivity index (χ0) is 21.0. The molecule has 1 heterocycles. The van der Waals surface area contributed by atoms with Gasteiger partial charge < -0.3 is 14.6 Å². The minimum Gasteiger partial charge on any atom is -0.545 e. The van der Waals surface area contributed by atoms with E-state index in [1.807, 2.05) is 0 Å². The largest absolute Gasteiger partial charge is 0.545 e. The quantitative estimate of drug-likeness (QED) is 0.548. The Labute approximate surface area is 169 Å². The minimum atomic E-state index is -1.30. The molecule has 148 valence electrons. The molecule has 7 nitrogen and oxygen atoms in total. The average Bonchev–Trinajstić information content (AvgIpc) is 3.02. The highest BCUT2D eigenvalue weighted by Crippen LogP contribution is 2.29. The Kier molecular flexibility index (Phi) is 6.08. The van der Waals surface area contributed by atoms with Crippen molar-refractivity contribution in [2.75, 3.05) is 17.8 Å². The topological polar surface area (TPSA) is 99.1 Å². The first-order valence-corrected chi connectivity index (χ1v) is 9.29. The van der Waals surface area contributed by atoms with E-state index in [0.717, 1.165) is 11.8 Å². The second-order valence-electron chi connectivity index (χ2n) is 5.82. The summed E-state index contributed by atoms with van der Waals surface area (Å²) in [6.45, 7) is 0. The Balaban J connectivity index is 1.93. The molecule has 0 saturated carbocycles. The number of amidine groups is 1. The molecule has 0 bridgehead atoms. The first-order chi connectivity index (χ1) is 13.9. The SMILES string of the molecule is COC(=O)CSC1=N/C(=C\c2ccc(C(=O)[O-])cc2)C(=O)N1c1ccc(F)cc1. The van der Waals surface area contributed by atoms with E-state index in [1.54, 1.807) is 0 Å². The summed E-state index contributed by atoms with van der Waals surface area (Å²) in [6, 6.07) is 11.0. The van der Waals surface area contributed by atoms with Gasteiger partial charge in [0.2, 0.25) is 0 Å². The molecule has 0 unspecified atom stereocenters. The van der Waals surface area contributed by atoms with Crippen LogP contribution in [0.2, 0.25) is 0 Å². The Morgan fingerprint density at radius 1 is 1.17 bits per heavy atom. The van der Waals surface area contributed by atoms with Crippen LogP contribution in [0, 0.1) is 5.82 Å². The Hall–Kier alpha value is -3.46. The molecule has 29 heavy (non-hydrogen) atoms. The number of aliphatic imine (C=N–C) groups is 1. The second kappa shape index (κ2) is 8.70. The lowest BCUT2D eigenvalue weighted by Crippen LogP contribution is -2.30. The number of hydrogen-bond acceptors (Lipinski definition) is 7. The van der Waals surface area contributed by atoms with Crippen LogP contribution in [0.1, 0.15) is 15.9 Å². The van der Waals surface area contributed by atoms with Crippen LogP contribution in [0.25, 0.3) is 6.08 Å². The van der Waals surface area contributed by atoms with E-state index in [-0.39, 0.29) is 22.2 Å². The second-order valence-corrected chi connectivity index (χ2v) is 6.76. The third kappa shape index (κ3) is 4.69. The molecular formula is C20H14FN2O5S-. The Morgan fingerprint density at radius 3 is 2.41 bits per heavy atom. The molecule has 0 saturated heterocycles. The fraction of sp³-hybridized carbons (Fsp3) is 0.100. The van der Waals surface area contributed by atoms with E-state index >= 15 is 0 Å². The molecule has 0 radical (unpaired) electrons. The van der Waals surface area contributed by atoms with Crippen molar-refractivity contribution >= 4 is 46.5 Å². The highest BCUT2D eigenvalue weighted by molar-refractivity contribution is 8.14. The third-order valence-electron chi connectivity index (χ3n) is 3.91. The van der Waals surface area contributed by atoms with Crippen LogP contribution < -0.4 is 10.0 Å². The number of ether oxygens (including phenoxy) is 1. The van der Waals surface area contributed by atoms with Gasteiger partial charge in [-0.3, -0.25) is 14.5 Å². The Morgan fingerprint density at radius 2 is 1.83 bits per heavy atom. The molecule has 1 amide bonds. The molecule has 3 rings (SSSR count). The van der Waals surface area contributed by atoms with Gasteiger partial charge >= 0.3 is 5.97 Å². The number of halogens is 1. The number of thioether (sulfide) groups is 1. The first kappa shape index (κ1) is 20.3. The van der Waals surface area contributed by atoms with Crippen LogP contribution in [0.5, 0.6) is 0 Å². The maximum atomic E-state index is 13.3. The number of esters is 1. The number of methoxy groups -OCH3 is 1. The lowest BCUT2D eigenvalue weighted by molar-refractivity contribution is -0.255. The van der Waals surface area contributed by atoms with E-state index in [4.69, 9.17) is 0 Å². The first-order valence-electron chi connectivity index (χ1n) is 8.30. The highest BCUT2D eigenvalue weighted by atomic mass is 32.2. The van der Waals surface area contributed by atoms with Crippen molar-refractivity contribution in [1.29, 1.82) is 0 Å². The third-order valence-corrected chi connectivity index (χ3v) is 4.82. The summed E-state index contributed by atoms with van der Waals surface area (Å²) < 4.78 is 17.9. The van der Waals surface area contributed by atoms with Gasteiger partial charge in [-0.15, -0.1) is 0 Å². The molecule has 2 aromatic rings. The number of carboxylic acid groups (broad SMARTS) is 1. The molecule has 1 aliphatic rings. The van der Waals surface area contributed by atoms with E-state index in [0.29, 0.717) is 11.3 Å². The van der Waals surface area contributed by atoms with Crippen LogP contribution >= 0.6 is 11.8 Å². The molecule has 9 heteroatoms. The highest BCUT2D eigenvalue weighted by Gasteiger charge is 2.32. The number of carbonyl (C=O) groups is 3. The fourth-order valence-electron chi connectivity index (χ4n) is 2.47. The van der Waals surface area contributed by atoms with Crippen LogP contribution in [0.3, 0.4) is 0 Å². The number of benzene rings is 2. The van der Waals surface area contributed by atoms with Crippen molar-refractivity contribution in [2.24, 2.45) is 4.99 Å². The number of carbonyl (C=O) groups excluding carboxylic acids is 3. The number of rotatable bonds is 5. The Bertz CT molecular complexity index is 1020. The van der Waals surface area contributed by atoms with Crippen molar-refractivity contribution in [3.63, 3.8) is 0 Å². The van der Waals surface area contributed by atoms with Gasteiger partial charge in [0.25, 0.3) is 5.91 Å². The van der Waals surface area contributed by atoms with Gasteiger partial charge in [-0.05, 0) is 41.5 Å². The number of nitrogens with zero attached hydrogens (tertiary/aromatic N) is 2. The molecule has 0 N–H and O–H groups in total. The smallest absolute Gasteiger partial charge is 0.316 e. The maximum Gasteiger partial charge on any atom is 0.316 e. The molecule has 2 aromatic carbocycles. The molecule has 0 aromatic heterocycles. The molecular weight excluding hydrogens is 399 g/mol. The molecule has 1 aliphatic heterocycles. The van der Waals surface area contributed by atoms with Crippen LogP contribution in [0.4, 0.5) is 10.1 Å². The predicted octanol–water partition coefficient (Wildman–Crippen LogP) is 1.84. The van der Waals surface area contributed by atoms with Gasteiger partial charge in [0, 0.05) is 0 Å². The van der Waals surface area contributed by atoms with Crippen molar-refractivity contribution in [3.05, 3.63) is 71.2 Å². The number of aromatic carboxylic acids is 1. The lowest BCUT2D eigenvalue weighted by Gasteiger charge is -2.17. The molecule has 0 spiro atoms. The normalized spacial score (nSPS) is 14.8. The van der Waals surface area contributed by atoms with Gasteiger partial charge in [-0.25, -0.2) is 9.38 Å². The van der Waals surface area contributed by atoms with E-state index in [9.17, 15) is 23.9 Å². The lowest BCUT2D eigenvalue weighted by atomic mass is 10.1. The van der Waals surface area contributed by atoms with Gasteiger partial charge in [0.1, 0.15) is 11.5 Å². The van der Waals surface area contributed by atoms with Crippen molar-refractivity contribution in [1.82, 2.24) is 0 Å². The van der Waals surface area contributed by atoms with Crippen molar-refractivity contribution in [3.8, 4) is 0 Å². The van der Waals surface area contributed by atoms with Gasteiger partial charge in [-0.2, -0.15) is 0 Å². The number of hydrogen-bond donors (Lipinski definition) is 0. The van der Waals surface area contributed by atoms with E-state index in [1.165, 1.54) is 66.6 Å². The number of amides is 1. The minimum absolute atomic E-state index is 0.00987.